The molecule has 0 atom stereocenters. The summed E-state index contributed by atoms with van der Waals surface area (Å²) in [4.78, 5) is 10.1. The zero-order chi connectivity index (χ0) is 14.1. The number of nitrogens with one attached hydrogen (secondary N) is 1. The molecule has 0 amide bonds. The number of non-ortho nitro benzene ring substituents is 1. The van der Waals surface area contributed by atoms with Crippen molar-refractivity contribution in [1.82, 2.24) is 4.72 Å². The van der Waals surface area contributed by atoms with E-state index in [0.717, 1.165) is 6.07 Å². The Bertz CT molecular complexity index is 579. The minimum Gasteiger partial charge on any atom is -0.258 e. The van der Waals surface area contributed by atoms with Crippen LogP contribution in [0.4, 0.5) is 5.69 Å². The average molecular weight is 272 g/mol. The fourth-order valence-electron chi connectivity index (χ4n) is 1.57. The SMILES string of the molecule is Cc1cc([N+](=O)[O-])cc(S(=O)(=O)NC(C)C)c1C. The molecule has 0 saturated carbocycles. The van der Waals surface area contributed by atoms with E-state index in [9.17, 15) is 18.5 Å². The monoisotopic (exact) mass is 272 g/mol. The number of nitrogens with zero attached hydrogens (tertiary/aromatic N) is 1. The van der Waals surface area contributed by atoms with Crippen LogP contribution in [0.3, 0.4) is 0 Å². The van der Waals surface area contributed by atoms with Gasteiger partial charge in [-0.2, -0.15) is 0 Å². The molecule has 1 rings (SSSR count). The highest BCUT2D eigenvalue weighted by molar-refractivity contribution is 7.89. The number of hydrogen-bond acceptors (Lipinski definition) is 4. The van der Waals surface area contributed by atoms with E-state index in [1.54, 1.807) is 27.7 Å². The standard InChI is InChI=1S/C11H16N2O4S/c1-7(2)12-18(16,17)11-6-10(13(14)15)5-8(3)9(11)4/h5-7,12H,1-4H3. The van der Waals surface area contributed by atoms with Gasteiger partial charge in [0.15, 0.2) is 0 Å². The third-order valence-corrected chi connectivity index (χ3v) is 4.28. The smallest absolute Gasteiger partial charge is 0.258 e. The number of sulfonamides is 1. The van der Waals surface area contributed by atoms with Crippen LogP contribution < -0.4 is 4.72 Å². The molecule has 100 valence electrons. The molecule has 0 aliphatic heterocycles. The lowest BCUT2D eigenvalue weighted by atomic mass is 10.1. The quantitative estimate of drug-likeness (QED) is 0.669. The average Bonchev–Trinajstić information content (AvgIpc) is 2.19. The van der Waals surface area contributed by atoms with Crippen LogP contribution in [0.2, 0.25) is 0 Å². The van der Waals surface area contributed by atoms with Gasteiger partial charge in [0.05, 0.1) is 9.82 Å². The minimum atomic E-state index is -3.72. The van der Waals surface area contributed by atoms with Crippen molar-refractivity contribution in [3.63, 3.8) is 0 Å². The second-order valence-electron chi connectivity index (χ2n) is 4.42. The molecule has 1 N–H and O–H groups in total. The Morgan fingerprint density at radius 1 is 1.28 bits per heavy atom. The molecular formula is C11H16N2O4S. The van der Waals surface area contributed by atoms with Crippen LogP contribution in [0.25, 0.3) is 0 Å². The molecule has 0 fully saturated rings. The van der Waals surface area contributed by atoms with Crippen LogP contribution in [-0.2, 0) is 10.0 Å². The summed E-state index contributed by atoms with van der Waals surface area (Å²) in [5.74, 6) is 0. The fourth-order valence-corrected chi connectivity index (χ4v) is 3.15. The number of benzene rings is 1. The Hall–Kier alpha value is -1.47. The molecule has 0 bridgehead atoms. The summed E-state index contributed by atoms with van der Waals surface area (Å²) in [6, 6.07) is 2.19. The highest BCUT2D eigenvalue weighted by Gasteiger charge is 2.22. The van der Waals surface area contributed by atoms with E-state index in [-0.39, 0.29) is 16.6 Å². The van der Waals surface area contributed by atoms with Crippen molar-refractivity contribution in [1.29, 1.82) is 0 Å². The van der Waals surface area contributed by atoms with Crippen LogP contribution in [0.15, 0.2) is 17.0 Å². The van der Waals surface area contributed by atoms with Gasteiger partial charge < -0.3 is 0 Å². The highest BCUT2D eigenvalue weighted by Crippen LogP contribution is 2.25. The van der Waals surface area contributed by atoms with E-state index in [0.29, 0.717) is 11.1 Å². The summed E-state index contributed by atoms with van der Waals surface area (Å²) in [6.07, 6.45) is 0. The van der Waals surface area contributed by atoms with Crippen LogP contribution >= 0.6 is 0 Å². The molecular weight excluding hydrogens is 256 g/mol. The Morgan fingerprint density at radius 3 is 2.28 bits per heavy atom. The maximum Gasteiger partial charge on any atom is 0.271 e. The van der Waals surface area contributed by atoms with Crippen molar-refractivity contribution in [2.45, 2.75) is 38.6 Å². The largest absolute Gasteiger partial charge is 0.271 e. The third kappa shape index (κ3) is 3.05. The number of nitro benzene ring substituents is 1. The van der Waals surface area contributed by atoms with E-state index in [2.05, 4.69) is 4.72 Å². The molecule has 0 aromatic heterocycles. The molecule has 1 aromatic rings. The summed E-state index contributed by atoms with van der Waals surface area (Å²) in [6.45, 7) is 6.67. The van der Waals surface area contributed by atoms with Crippen molar-refractivity contribution in [2.24, 2.45) is 0 Å². The molecule has 0 saturated heterocycles. The van der Waals surface area contributed by atoms with Gasteiger partial charge in [-0.3, -0.25) is 10.1 Å². The van der Waals surface area contributed by atoms with Gasteiger partial charge >= 0.3 is 0 Å². The van der Waals surface area contributed by atoms with E-state index in [1.807, 2.05) is 0 Å². The third-order valence-electron chi connectivity index (χ3n) is 2.50. The van der Waals surface area contributed by atoms with Gasteiger partial charge in [0, 0.05) is 18.2 Å². The summed E-state index contributed by atoms with van der Waals surface area (Å²) in [5.41, 5.74) is 0.879. The zero-order valence-electron chi connectivity index (χ0n) is 10.7. The summed E-state index contributed by atoms with van der Waals surface area (Å²) in [7, 11) is -3.72. The van der Waals surface area contributed by atoms with Crippen LogP contribution in [0.5, 0.6) is 0 Å². The number of hydrogen-bond donors (Lipinski definition) is 1. The number of aryl methyl sites for hydroxylation is 1. The Labute approximate surface area is 106 Å². The van der Waals surface area contributed by atoms with Crippen LogP contribution in [-0.4, -0.2) is 19.4 Å². The Balaban J connectivity index is 3.45. The molecule has 18 heavy (non-hydrogen) atoms. The Morgan fingerprint density at radius 2 is 1.83 bits per heavy atom. The molecule has 0 aliphatic rings. The van der Waals surface area contributed by atoms with E-state index in [1.165, 1.54) is 6.07 Å². The number of nitro groups is 1. The minimum absolute atomic E-state index is 0.0390. The zero-order valence-corrected chi connectivity index (χ0v) is 11.5. The summed E-state index contributed by atoms with van der Waals surface area (Å²) >= 11 is 0. The first-order chi connectivity index (χ1) is 8.15. The normalized spacial score (nSPS) is 11.8. The van der Waals surface area contributed by atoms with Gasteiger partial charge in [-0.25, -0.2) is 13.1 Å². The topological polar surface area (TPSA) is 89.3 Å². The molecule has 1 aromatic carbocycles. The predicted octanol–water partition coefficient (Wildman–Crippen LogP) is 1.90. The van der Waals surface area contributed by atoms with Crippen molar-refractivity contribution < 1.29 is 13.3 Å². The predicted molar refractivity (Wildman–Crippen MR) is 68.0 cm³/mol. The lowest BCUT2D eigenvalue weighted by Crippen LogP contribution is -2.30. The van der Waals surface area contributed by atoms with Gasteiger partial charge in [-0.15, -0.1) is 0 Å². The van der Waals surface area contributed by atoms with Gasteiger partial charge in [0.1, 0.15) is 0 Å². The highest BCUT2D eigenvalue weighted by atomic mass is 32.2. The maximum absolute atomic E-state index is 12.1. The molecule has 0 heterocycles. The second-order valence-corrected chi connectivity index (χ2v) is 6.10. The van der Waals surface area contributed by atoms with Crippen molar-refractivity contribution >= 4 is 15.7 Å². The molecule has 0 spiro atoms. The van der Waals surface area contributed by atoms with Gasteiger partial charge in [-0.05, 0) is 38.8 Å². The maximum atomic E-state index is 12.1. The van der Waals surface area contributed by atoms with Gasteiger partial charge in [-0.1, -0.05) is 0 Å². The van der Waals surface area contributed by atoms with Gasteiger partial charge in [0.2, 0.25) is 10.0 Å². The van der Waals surface area contributed by atoms with Crippen LogP contribution in [0, 0.1) is 24.0 Å². The summed E-state index contributed by atoms with van der Waals surface area (Å²) < 4.78 is 26.5. The molecule has 0 aliphatic carbocycles. The Kier molecular flexibility index (Phi) is 4.08. The lowest BCUT2D eigenvalue weighted by Gasteiger charge is -2.13. The molecule has 6 nitrogen and oxygen atoms in total. The van der Waals surface area contributed by atoms with E-state index in [4.69, 9.17) is 0 Å². The van der Waals surface area contributed by atoms with Gasteiger partial charge in [0.25, 0.3) is 5.69 Å². The number of rotatable bonds is 4. The summed E-state index contributed by atoms with van der Waals surface area (Å²) in [5, 5.41) is 10.8. The molecule has 7 heteroatoms. The lowest BCUT2D eigenvalue weighted by molar-refractivity contribution is -0.385. The van der Waals surface area contributed by atoms with Crippen molar-refractivity contribution in [3.8, 4) is 0 Å². The fraction of sp³-hybridized carbons (Fsp3) is 0.455. The molecule has 0 radical (unpaired) electrons. The van der Waals surface area contributed by atoms with Crippen LogP contribution in [0.1, 0.15) is 25.0 Å². The second kappa shape index (κ2) is 5.03. The van der Waals surface area contributed by atoms with Crippen molar-refractivity contribution in [3.05, 3.63) is 33.4 Å². The van der Waals surface area contributed by atoms with E-state index >= 15 is 0 Å². The first-order valence-electron chi connectivity index (χ1n) is 5.43. The first-order valence-corrected chi connectivity index (χ1v) is 6.91. The first kappa shape index (κ1) is 14.6. The van der Waals surface area contributed by atoms with E-state index < -0.39 is 14.9 Å². The molecule has 0 unspecified atom stereocenters. The van der Waals surface area contributed by atoms with Crippen molar-refractivity contribution in [2.75, 3.05) is 0 Å².